The Morgan fingerprint density at radius 3 is 1.17 bits per heavy atom. The predicted octanol–water partition coefficient (Wildman–Crippen LogP) is 5.81. The van der Waals surface area contributed by atoms with Crippen molar-refractivity contribution in [3.05, 3.63) is 119 Å². The molecule has 0 heterocycles. The molecule has 0 spiro atoms. The first-order chi connectivity index (χ1) is 14.5. The van der Waals surface area contributed by atoms with Gasteiger partial charge in [0.25, 0.3) is 0 Å². The van der Waals surface area contributed by atoms with Gasteiger partial charge in [-0.3, -0.25) is 0 Å². The largest absolute Gasteiger partial charge is 0.489 e. The number of hydrogen-bond acceptors (Lipinski definition) is 3. The molecule has 0 radical (unpaired) electrons. The lowest BCUT2D eigenvalue weighted by molar-refractivity contribution is -0.0461. The Balaban J connectivity index is 1.82. The van der Waals surface area contributed by atoms with E-state index in [1.807, 2.05) is 75.4 Å². The van der Waals surface area contributed by atoms with Crippen molar-refractivity contribution in [2.75, 3.05) is 0 Å². The number of benzene rings is 3. The lowest BCUT2D eigenvalue weighted by atomic mass is 10.1. The molecular formula is C26H30O3Si. The molecule has 0 N–H and O–H groups in total. The van der Waals surface area contributed by atoms with E-state index in [1.165, 1.54) is 0 Å². The van der Waals surface area contributed by atoms with Crippen molar-refractivity contribution in [1.82, 2.24) is 0 Å². The summed E-state index contributed by atoms with van der Waals surface area (Å²) in [6.45, 7) is 6.11. The third-order valence-electron chi connectivity index (χ3n) is 5.02. The van der Waals surface area contributed by atoms with Gasteiger partial charge in [-0.05, 0) is 37.5 Å². The molecule has 0 aliphatic heterocycles. The van der Waals surface area contributed by atoms with Gasteiger partial charge in [0, 0.05) is 0 Å². The molecule has 0 aromatic heterocycles. The molecule has 0 bridgehead atoms. The molecule has 3 rings (SSSR count). The SMILES string of the molecule is CC(OC([SiH3])=C(OC(C)c1ccccc1)OC(C)c1ccccc1)c1ccccc1. The van der Waals surface area contributed by atoms with Crippen LogP contribution < -0.4 is 0 Å². The van der Waals surface area contributed by atoms with Crippen LogP contribution in [0.15, 0.2) is 102 Å². The first kappa shape index (κ1) is 21.7. The van der Waals surface area contributed by atoms with Crippen molar-refractivity contribution in [3.63, 3.8) is 0 Å². The summed E-state index contributed by atoms with van der Waals surface area (Å²) in [5.74, 6) is 0.470. The predicted molar refractivity (Wildman–Crippen MR) is 125 cm³/mol. The highest BCUT2D eigenvalue weighted by Crippen LogP contribution is 2.29. The van der Waals surface area contributed by atoms with Gasteiger partial charge in [0.05, 0.1) is 10.2 Å². The topological polar surface area (TPSA) is 27.7 Å². The van der Waals surface area contributed by atoms with E-state index >= 15 is 0 Å². The van der Waals surface area contributed by atoms with Gasteiger partial charge < -0.3 is 14.2 Å². The summed E-state index contributed by atoms with van der Waals surface area (Å²) in [7, 11) is 0.664. The fourth-order valence-corrected chi connectivity index (χ4v) is 3.79. The van der Waals surface area contributed by atoms with Crippen molar-refractivity contribution in [2.24, 2.45) is 0 Å². The van der Waals surface area contributed by atoms with Crippen LogP contribution in [-0.4, -0.2) is 10.2 Å². The molecular weight excluding hydrogens is 388 g/mol. The average Bonchev–Trinajstić information content (AvgIpc) is 2.80. The first-order valence-corrected chi connectivity index (χ1v) is 11.4. The summed E-state index contributed by atoms with van der Waals surface area (Å²) in [6, 6.07) is 30.5. The smallest absolute Gasteiger partial charge is 0.313 e. The fraction of sp³-hybridized carbons (Fsp3) is 0.231. The third-order valence-corrected chi connectivity index (χ3v) is 5.66. The highest BCUT2D eigenvalue weighted by atomic mass is 28.1. The van der Waals surface area contributed by atoms with Crippen LogP contribution in [0.1, 0.15) is 55.8 Å². The summed E-state index contributed by atoms with van der Waals surface area (Å²) >= 11 is 0. The van der Waals surface area contributed by atoms with Crippen molar-refractivity contribution in [1.29, 1.82) is 0 Å². The standard InChI is InChI=1S/C26H30O3Si/c1-19(22-13-7-4-8-14-22)27-25(28-20(2)23-15-9-5-10-16-23)26(30)29-21(3)24-17-11-6-12-18-24/h4-21H,1-3,30H3. The zero-order valence-corrected chi connectivity index (χ0v) is 20.1. The quantitative estimate of drug-likeness (QED) is 0.324. The Morgan fingerprint density at radius 1 is 0.533 bits per heavy atom. The molecule has 0 aliphatic carbocycles. The van der Waals surface area contributed by atoms with Gasteiger partial charge in [0.15, 0.2) is 0 Å². The van der Waals surface area contributed by atoms with E-state index in [1.54, 1.807) is 0 Å². The van der Waals surface area contributed by atoms with Gasteiger partial charge in [0.1, 0.15) is 23.7 Å². The van der Waals surface area contributed by atoms with E-state index < -0.39 is 0 Å². The van der Waals surface area contributed by atoms with Crippen LogP contribution in [0.25, 0.3) is 0 Å². The Bertz CT molecular complexity index is 877. The summed E-state index contributed by atoms with van der Waals surface area (Å²) in [6.07, 6.45) is -0.382. The average molecular weight is 419 g/mol. The Kier molecular flexibility index (Phi) is 7.74. The highest BCUT2D eigenvalue weighted by molar-refractivity contribution is 6.20. The maximum atomic E-state index is 6.29. The zero-order valence-electron chi connectivity index (χ0n) is 18.1. The second kappa shape index (κ2) is 10.7. The van der Waals surface area contributed by atoms with Gasteiger partial charge in [-0.2, -0.15) is 0 Å². The number of hydrogen-bond donors (Lipinski definition) is 0. The summed E-state index contributed by atoms with van der Waals surface area (Å²) in [4.78, 5) is 0. The Labute approximate surface area is 182 Å². The molecule has 0 aliphatic rings. The minimum atomic E-state index is -0.149. The number of rotatable bonds is 9. The van der Waals surface area contributed by atoms with Gasteiger partial charge in [-0.1, -0.05) is 91.0 Å². The van der Waals surface area contributed by atoms with E-state index in [0.717, 1.165) is 22.1 Å². The molecule has 156 valence electrons. The molecule has 0 amide bonds. The molecule has 0 saturated carbocycles. The van der Waals surface area contributed by atoms with Crippen molar-refractivity contribution in [3.8, 4) is 0 Å². The van der Waals surface area contributed by atoms with Gasteiger partial charge in [0.2, 0.25) is 0 Å². The molecule has 3 aromatic carbocycles. The molecule has 30 heavy (non-hydrogen) atoms. The van der Waals surface area contributed by atoms with Gasteiger partial charge >= 0.3 is 5.95 Å². The summed E-state index contributed by atoms with van der Waals surface area (Å²) < 4.78 is 18.9. The van der Waals surface area contributed by atoms with Crippen LogP contribution in [0.3, 0.4) is 0 Å². The van der Waals surface area contributed by atoms with E-state index in [9.17, 15) is 0 Å². The van der Waals surface area contributed by atoms with Crippen molar-refractivity contribution in [2.45, 2.75) is 39.1 Å². The lowest BCUT2D eigenvalue weighted by Crippen LogP contribution is -2.12. The Morgan fingerprint density at radius 2 is 0.833 bits per heavy atom. The summed E-state index contributed by atoms with van der Waals surface area (Å²) in [5, 5.41) is 0.761. The Hall–Kier alpha value is -2.98. The van der Waals surface area contributed by atoms with E-state index in [0.29, 0.717) is 16.2 Å². The highest BCUT2D eigenvalue weighted by Gasteiger charge is 2.19. The van der Waals surface area contributed by atoms with Crippen molar-refractivity contribution < 1.29 is 14.2 Å². The third kappa shape index (κ3) is 6.01. The van der Waals surface area contributed by atoms with Crippen LogP contribution >= 0.6 is 0 Å². The summed E-state index contributed by atoms with van der Waals surface area (Å²) in [5.41, 5.74) is 3.31. The number of ether oxygens (including phenoxy) is 3. The molecule has 0 saturated heterocycles. The van der Waals surface area contributed by atoms with Gasteiger partial charge in [-0.25, -0.2) is 0 Å². The molecule has 3 nitrogen and oxygen atoms in total. The van der Waals surface area contributed by atoms with Crippen molar-refractivity contribution >= 4 is 10.2 Å². The first-order valence-electron chi connectivity index (χ1n) is 10.4. The lowest BCUT2D eigenvalue weighted by Gasteiger charge is -2.25. The maximum Gasteiger partial charge on any atom is 0.313 e. The van der Waals surface area contributed by atoms with Crippen LogP contribution in [-0.2, 0) is 14.2 Å². The van der Waals surface area contributed by atoms with Crippen LogP contribution in [0, 0.1) is 0 Å². The monoisotopic (exact) mass is 418 g/mol. The second-order valence-corrected chi connectivity index (χ2v) is 8.26. The molecule has 3 aromatic rings. The van der Waals surface area contributed by atoms with Crippen LogP contribution in [0.5, 0.6) is 0 Å². The normalized spacial score (nSPS) is 13.7. The minimum Gasteiger partial charge on any atom is -0.489 e. The molecule has 3 unspecified atom stereocenters. The minimum absolute atomic E-state index is 0.0834. The van der Waals surface area contributed by atoms with E-state index in [4.69, 9.17) is 14.2 Å². The van der Waals surface area contributed by atoms with Gasteiger partial charge in [-0.15, -0.1) is 0 Å². The molecule has 3 atom stereocenters. The van der Waals surface area contributed by atoms with E-state index in [-0.39, 0.29) is 18.3 Å². The second-order valence-electron chi connectivity index (χ2n) is 7.36. The maximum absolute atomic E-state index is 6.29. The fourth-order valence-electron chi connectivity index (χ4n) is 3.20. The van der Waals surface area contributed by atoms with Crippen LogP contribution in [0.4, 0.5) is 0 Å². The van der Waals surface area contributed by atoms with Crippen LogP contribution in [0.2, 0.25) is 0 Å². The zero-order chi connectivity index (χ0) is 21.3. The van der Waals surface area contributed by atoms with E-state index in [2.05, 4.69) is 36.4 Å². The molecule has 4 heteroatoms. The molecule has 0 fully saturated rings.